The molecule has 0 unspecified atom stereocenters. The van der Waals surface area contributed by atoms with Gasteiger partial charge in [0, 0.05) is 38.5 Å². The van der Waals surface area contributed by atoms with Crippen LogP contribution >= 0.6 is 0 Å². The van der Waals surface area contributed by atoms with Gasteiger partial charge in [-0.15, -0.1) is 0 Å². The monoisotopic (exact) mass is 1200 g/mol. The molecule has 24 nitrogen and oxygen atoms in total. The summed E-state index contributed by atoms with van der Waals surface area (Å²) in [6.07, 6.45) is 2.08. The highest BCUT2D eigenvalue weighted by Crippen LogP contribution is 2.24. The molecule has 3 heterocycles. The van der Waals surface area contributed by atoms with Crippen LogP contribution in [0.25, 0.3) is 0 Å². The lowest BCUT2D eigenvalue weighted by Gasteiger charge is -2.33. The number of hydrogen-bond acceptors (Lipinski definition) is 13. The molecule has 2 aromatic carbocycles. The second-order valence-corrected chi connectivity index (χ2v) is 24.6. The molecular formula is C62H95N13O11. The molecule has 0 saturated carbocycles. The second-order valence-electron chi connectivity index (χ2n) is 24.6. The van der Waals surface area contributed by atoms with Crippen LogP contribution in [0.2, 0.25) is 0 Å². The van der Waals surface area contributed by atoms with E-state index in [-0.39, 0.29) is 108 Å². The molecule has 10 atom stereocenters. The number of rotatable bonds is 17. The zero-order chi connectivity index (χ0) is 63.4. The number of nitrogens with zero attached hydrogens (tertiary/aromatic N) is 2. The lowest BCUT2D eigenvalue weighted by Crippen LogP contribution is -2.62. The van der Waals surface area contributed by atoms with Gasteiger partial charge in [0.25, 0.3) is 0 Å². The average molecular weight is 1200 g/mol. The normalized spacial score (nSPS) is 25.8. The van der Waals surface area contributed by atoms with E-state index in [2.05, 4.69) is 47.9 Å². The Bertz CT molecular complexity index is 2670. The van der Waals surface area contributed by atoms with Gasteiger partial charge in [-0.1, -0.05) is 97.9 Å². The Hall–Kier alpha value is -7.47. The number of carbonyl (C=O) groups is 11. The summed E-state index contributed by atoms with van der Waals surface area (Å²) in [5.74, 6) is -8.44. The summed E-state index contributed by atoms with van der Waals surface area (Å²) in [6, 6.07) is 3.54. The Morgan fingerprint density at radius 1 is 0.477 bits per heavy atom. The first-order valence-electron chi connectivity index (χ1n) is 30.7. The molecule has 0 bridgehead atoms. The number of carbonyl (C=O) groups excluding carboxylic acids is 11. The summed E-state index contributed by atoms with van der Waals surface area (Å²) in [5, 5.41) is 25.5. The number of fused-ring (bicyclic) bond motifs is 2. The van der Waals surface area contributed by atoms with Crippen LogP contribution in [-0.4, -0.2) is 161 Å². The van der Waals surface area contributed by atoms with E-state index in [0.29, 0.717) is 29.7 Å². The van der Waals surface area contributed by atoms with Crippen LogP contribution in [0.4, 0.5) is 5.69 Å². The Kier molecular flexibility index (Phi) is 26.9. The number of nitrogens with one attached hydrogen (secondary N) is 9. The van der Waals surface area contributed by atoms with Gasteiger partial charge in [-0.05, 0) is 124 Å². The molecule has 0 aliphatic carbocycles. The van der Waals surface area contributed by atoms with Crippen molar-refractivity contribution in [1.82, 2.24) is 52.3 Å². The van der Waals surface area contributed by atoms with E-state index < -0.39 is 131 Å². The van der Waals surface area contributed by atoms with Crippen LogP contribution < -0.4 is 59.3 Å². The second kappa shape index (κ2) is 33.4. The van der Waals surface area contributed by atoms with E-state index in [1.54, 1.807) is 76.2 Å². The third-order valence-electron chi connectivity index (χ3n) is 15.7. The molecule has 0 radical (unpaired) electrons. The summed E-state index contributed by atoms with van der Waals surface area (Å²) in [6.45, 7) is 16.2. The number of nitrogens with two attached hydrogens (primary N) is 2. The Morgan fingerprint density at radius 3 is 1.20 bits per heavy atom. The standard InChI is InChI=1S/C62H95N13O11/c1-35(2)31-45-55(79)70-47(33-40-17-11-10-12-18-40)61(85)74-29-15-21-49(74)57(81)72-51(37(5)6)59(83)67-44(20-14-28-64)54(78)69-46(32-36(3)4)56(80)71-48(34-41-23-25-42(26-24-41)65-39(9)76)62(86)75-30-16-22-50(75)58(82)73-52(38(7)8)60(84)66-43(19-13-27-63)53(77)68-45/h10-12,17-18,23-26,35-38,43-52H,13-16,19-22,27-34,63-64H2,1-9H3,(H,65,76)(H,66,84)(H,67,83)(H,68,77)(H,69,78)(H,70,79)(H,71,80)(H,72,81)(H,73,82)/t43-,44-,45-,46-,47-,48-,49-,50-,51-,52-/m0/s1. The Balaban J connectivity index is 1.60. The fraction of sp³-hybridized carbons (Fsp3) is 0.629. The van der Waals surface area contributed by atoms with Gasteiger partial charge in [-0.3, -0.25) is 52.7 Å². The highest BCUT2D eigenvalue weighted by molar-refractivity contribution is 6.00. The highest BCUT2D eigenvalue weighted by Gasteiger charge is 2.43. The van der Waals surface area contributed by atoms with E-state index in [0.717, 1.165) is 0 Å². The highest BCUT2D eigenvalue weighted by atomic mass is 16.2. The van der Waals surface area contributed by atoms with E-state index in [4.69, 9.17) is 11.5 Å². The maximum atomic E-state index is 15.1. The van der Waals surface area contributed by atoms with Crippen molar-refractivity contribution in [3.05, 3.63) is 65.7 Å². The molecule has 3 aliphatic rings. The first-order valence-corrected chi connectivity index (χ1v) is 30.7. The van der Waals surface area contributed by atoms with Crippen LogP contribution in [-0.2, 0) is 65.6 Å². The van der Waals surface area contributed by atoms with Crippen molar-refractivity contribution in [2.24, 2.45) is 35.1 Å². The number of amides is 11. The van der Waals surface area contributed by atoms with E-state index in [1.165, 1.54) is 16.7 Å². The number of hydrogen-bond donors (Lipinski definition) is 11. The predicted octanol–water partition coefficient (Wildman–Crippen LogP) is 1.19. The molecule has 11 amide bonds. The first kappa shape index (κ1) is 69.3. The van der Waals surface area contributed by atoms with Crippen LogP contribution in [0.5, 0.6) is 0 Å². The van der Waals surface area contributed by atoms with Gasteiger partial charge >= 0.3 is 0 Å². The fourth-order valence-corrected chi connectivity index (χ4v) is 11.2. The van der Waals surface area contributed by atoms with Crippen LogP contribution in [0.3, 0.4) is 0 Å². The van der Waals surface area contributed by atoms with Gasteiger partial charge in [0.05, 0.1) is 0 Å². The van der Waals surface area contributed by atoms with E-state index >= 15 is 4.79 Å². The molecule has 3 aliphatic heterocycles. The smallest absolute Gasteiger partial charge is 0.246 e. The summed E-state index contributed by atoms with van der Waals surface area (Å²) in [4.78, 5) is 161. The maximum absolute atomic E-state index is 15.1. The molecule has 0 aromatic heterocycles. The maximum Gasteiger partial charge on any atom is 0.246 e. The van der Waals surface area contributed by atoms with Gasteiger partial charge < -0.3 is 69.1 Å². The van der Waals surface area contributed by atoms with E-state index in [1.807, 2.05) is 33.8 Å². The molecule has 24 heteroatoms. The Morgan fingerprint density at radius 2 is 0.837 bits per heavy atom. The summed E-state index contributed by atoms with van der Waals surface area (Å²) in [5.41, 5.74) is 13.6. The molecule has 0 spiro atoms. The zero-order valence-electron chi connectivity index (χ0n) is 51.6. The van der Waals surface area contributed by atoms with E-state index in [9.17, 15) is 47.9 Å². The van der Waals surface area contributed by atoms with Crippen LogP contribution in [0.1, 0.15) is 138 Å². The summed E-state index contributed by atoms with van der Waals surface area (Å²) in [7, 11) is 0. The number of anilines is 1. The molecule has 86 heavy (non-hydrogen) atoms. The van der Waals surface area contributed by atoms with Crippen molar-refractivity contribution < 1.29 is 52.7 Å². The van der Waals surface area contributed by atoms with Gasteiger partial charge in [0.1, 0.15) is 60.4 Å². The predicted molar refractivity (Wildman–Crippen MR) is 325 cm³/mol. The molecule has 13 N–H and O–H groups in total. The first-order chi connectivity index (χ1) is 40.8. The fourth-order valence-electron chi connectivity index (χ4n) is 11.2. The molecule has 474 valence electrons. The lowest BCUT2D eigenvalue weighted by molar-refractivity contribution is -0.143. The third-order valence-corrected chi connectivity index (χ3v) is 15.7. The molecule has 5 rings (SSSR count). The summed E-state index contributed by atoms with van der Waals surface area (Å²) >= 11 is 0. The SMILES string of the molecule is CC(=O)Nc1ccc(C[C@@H]2NC(=O)[C@H](CC(C)C)NC(=O)[C@H](CCCN)NC(=O)[C@H](C(C)C)NC(=O)[C@@H]3CCCN3C(=O)[C@H](Cc3ccccc3)NC(=O)[C@H](CC(C)C)NC(=O)[C@H](CCCN)NC(=O)[C@H](C(C)C)NC(=O)[C@@H]3CCCN3C2=O)cc1. The lowest BCUT2D eigenvalue weighted by atomic mass is 9.98. The van der Waals surface area contributed by atoms with Crippen molar-refractivity contribution in [3.63, 3.8) is 0 Å². The minimum atomic E-state index is -1.31. The van der Waals surface area contributed by atoms with Crippen LogP contribution in [0, 0.1) is 23.7 Å². The minimum Gasteiger partial charge on any atom is -0.343 e. The van der Waals surface area contributed by atoms with Gasteiger partial charge in [0.15, 0.2) is 0 Å². The molecule has 2 aromatic rings. The quantitative estimate of drug-likeness (QED) is 0.106. The topological polar surface area (TPSA) is 355 Å². The van der Waals surface area contributed by atoms with Crippen molar-refractivity contribution in [3.8, 4) is 0 Å². The van der Waals surface area contributed by atoms with Gasteiger partial charge in [0.2, 0.25) is 65.0 Å². The average Bonchev–Trinajstić information content (AvgIpc) is 4.32. The zero-order valence-corrected chi connectivity index (χ0v) is 51.6. The molecule has 3 saturated heterocycles. The van der Waals surface area contributed by atoms with Crippen LogP contribution in [0.15, 0.2) is 54.6 Å². The molecular weight excluding hydrogens is 1100 g/mol. The summed E-state index contributed by atoms with van der Waals surface area (Å²) < 4.78 is 0. The van der Waals surface area contributed by atoms with Gasteiger partial charge in [-0.25, -0.2) is 0 Å². The van der Waals surface area contributed by atoms with Crippen molar-refractivity contribution in [1.29, 1.82) is 0 Å². The minimum absolute atomic E-state index is 0.0168. The van der Waals surface area contributed by atoms with Crippen molar-refractivity contribution in [2.75, 3.05) is 31.5 Å². The van der Waals surface area contributed by atoms with Crippen molar-refractivity contribution in [2.45, 2.75) is 200 Å². The Labute approximate surface area is 506 Å². The van der Waals surface area contributed by atoms with Gasteiger partial charge in [-0.2, -0.15) is 0 Å². The van der Waals surface area contributed by atoms with Crippen molar-refractivity contribution >= 4 is 70.7 Å². The third kappa shape index (κ3) is 20.3. The largest absolute Gasteiger partial charge is 0.343 e. The number of benzene rings is 2. The molecule has 3 fully saturated rings.